The van der Waals surface area contributed by atoms with Crippen LogP contribution in [0, 0.1) is 3.57 Å². The van der Waals surface area contributed by atoms with E-state index in [9.17, 15) is 0 Å². The van der Waals surface area contributed by atoms with E-state index >= 15 is 0 Å². The van der Waals surface area contributed by atoms with Gasteiger partial charge in [0.1, 0.15) is 5.75 Å². The maximum absolute atomic E-state index is 5.33. The minimum atomic E-state index is 0.831. The minimum Gasteiger partial charge on any atom is -0.496 e. The summed E-state index contributed by atoms with van der Waals surface area (Å²) in [6.45, 7) is 0. The Kier molecular flexibility index (Phi) is 3.34. The van der Waals surface area contributed by atoms with Gasteiger partial charge < -0.3 is 4.74 Å². The number of ether oxygens (including phenoxy) is 1. The molecule has 1 aromatic carbocycles. The van der Waals surface area contributed by atoms with E-state index in [1.807, 2.05) is 0 Å². The van der Waals surface area contributed by atoms with Crippen molar-refractivity contribution in [3.05, 3.63) is 26.6 Å². The van der Waals surface area contributed by atoms with Crippen LogP contribution in [0.2, 0.25) is 0 Å². The highest BCUT2D eigenvalue weighted by Gasteiger charge is 2.07. The predicted octanol–water partition coefficient (Wildman–Crippen LogP) is 4.41. The van der Waals surface area contributed by atoms with Gasteiger partial charge in [-0.05, 0) is 34.7 Å². The molecule has 0 aliphatic heterocycles. The SMILES string of the molecule is COc1cc2scc(I)c2cc1CBr. The van der Waals surface area contributed by atoms with Crippen LogP contribution in [0.4, 0.5) is 0 Å². The Morgan fingerprint density at radius 3 is 2.93 bits per heavy atom. The molecule has 1 nitrogen and oxygen atoms in total. The van der Waals surface area contributed by atoms with Crippen LogP contribution in [0.15, 0.2) is 17.5 Å². The number of rotatable bonds is 2. The number of halogens is 2. The molecule has 0 fully saturated rings. The van der Waals surface area contributed by atoms with E-state index in [4.69, 9.17) is 4.74 Å². The molecular formula is C10H8BrIOS. The largest absolute Gasteiger partial charge is 0.496 e. The summed E-state index contributed by atoms with van der Waals surface area (Å²) < 4.78 is 7.93. The monoisotopic (exact) mass is 382 g/mol. The third kappa shape index (κ3) is 1.79. The molecule has 14 heavy (non-hydrogen) atoms. The van der Waals surface area contributed by atoms with Crippen molar-refractivity contribution in [1.82, 2.24) is 0 Å². The standard InChI is InChI=1S/C10H8BrIOS/c1-13-9-3-10-7(2-6(9)4-11)8(12)5-14-10/h2-3,5H,4H2,1H3. The topological polar surface area (TPSA) is 9.23 Å². The first kappa shape index (κ1) is 10.7. The fourth-order valence-electron chi connectivity index (χ4n) is 1.36. The van der Waals surface area contributed by atoms with Gasteiger partial charge >= 0.3 is 0 Å². The second-order valence-electron chi connectivity index (χ2n) is 2.88. The molecule has 0 saturated carbocycles. The Balaban J connectivity index is 2.71. The van der Waals surface area contributed by atoms with Crippen molar-refractivity contribution in [1.29, 1.82) is 0 Å². The van der Waals surface area contributed by atoms with E-state index in [2.05, 4.69) is 56.0 Å². The Bertz CT molecular complexity index is 466. The molecule has 0 atom stereocenters. The lowest BCUT2D eigenvalue weighted by Gasteiger charge is -2.05. The van der Waals surface area contributed by atoms with E-state index < -0.39 is 0 Å². The number of thiophene rings is 1. The molecule has 2 aromatic rings. The molecule has 0 radical (unpaired) electrons. The summed E-state index contributed by atoms with van der Waals surface area (Å²) in [5.41, 5.74) is 1.20. The van der Waals surface area contributed by atoms with Crippen molar-refractivity contribution < 1.29 is 4.74 Å². The van der Waals surface area contributed by atoms with Crippen LogP contribution in [-0.2, 0) is 5.33 Å². The number of methoxy groups -OCH3 is 1. The van der Waals surface area contributed by atoms with E-state index in [-0.39, 0.29) is 0 Å². The number of benzene rings is 1. The molecule has 2 rings (SSSR count). The third-order valence-electron chi connectivity index (χ3n) is 2.07. The average molecular weight is 383 g/mol. The fraction of sp³-hybridized carbons (Fsp3) is 0.200. The van der Waals surface area contributed by atoms with E-state index in [0.29, 0.717) is 0 Å². The molecule has 0 unspecified atom stereocenters. The molecule has 0 bridgehead atoms. The summed E-state index contributed by atoms with van der Waals surface area (Å²) in [7, 11) is 1.71. The van der Waals surface area contributed by atoms with Gasteiger partial charge in [0, 0.05) is 29.9 Å². The van der Waals surface area contributed by atoms with Gasteiger partial charge in [0.25, 0.3) is 0 Å². The summed E-state index contributed by atoms with van der Waals surface area (Å²) in [5, 5.41) is 4.33. The molecule has 0 saturated heterocycles. The van der Waals surface area contributed by atoms with Gasteiger partial charge in [0.05, 0.1) is 7.11 Å². The van der Waals surface area contributed by atoms with Crippen molar-refractivity contribution in [3.63, 3.8) is 0 Å². The lowest BCUT2D eigenvalue weighted by atomic mass is 10.2. The van der Waals surface area contributed by atoms with Crippen molar-refractivity contribution >= 4 is 59.9 Å². The third-order valence-corrected chi connectivity index (χ3v) is 4.94. The molecule has 0 aliphatic rings. The van der Waals surface area contributed by atoms with Gasteiger partial charge in [0.2, 0.25) is 0 Å². The molecule has 0 amide bonds. The molecule has 1 heterocycles. The lowest BCUT2D eigenvalue weighted by Crippen LogP contribution is -1.88. The van der Waals surface area contributed by atoms with E-state index in [0.717, 1.165) is 11.1 Å². The molecule has 0 N–H and O–H groups in total. The van der Waals surface area contributed by atoms with Crippen LogP contribution in [0.3, 0.4) is 0 Å². The summed E-state index contributed by atoms with van der Waals surface area (Å²) >= 11 is 7.59. The van der Waals surface area contributed by atoms with Gasteiger partial charge in [0.15, 0.2) is 0 Å². The van der Waals surface area contributed by atoms with Gasteiger partial charge in [-0.2, -0.15) is 0 Å². The van der Waals surface area contributed by atoms with Gasteiger partial charge in [-0.25, -0.2) is 0 Å². The van der Waals surface area contributed by atoms with Crippen LogP contribution in [-0.4, -0.2) is 7.11 Å². The highest BCUT2D eigenvalue weighted by Crippen LogP contribution is 2.33. The van der Waals surface area contributed by atoms with Gasteiger partial charge in [-0.15, -0.1) is 11.3 Å². The minimum absolute atomic E-state index is 0.831. The molecule has 74 valence electrons. The zero-order chi connectivity index (χ0) is 10.1. The molecule has 1 aromatic heterocycles. The Morgan fingerprint density at radius 1 is 1.50 bits per heavy atom. The van der Waals surface area contributed by atoms with Crippen LogP contribution in [0.25, 0.3) is 10.1 Å². The van der Waals surface area contributed by atoms with Crippen LogP contribution in [0.5, 0.6) is 5.75 Å². The summed E-state index contributed by atoms with van der Waals surface area (Å²) in [6.07, 6.45) is 0. The van der Waals surface area contributed by atoms with Crippen molar-refractivity contribution in [2.45, 2.75) is 5.33 Å². The fourth-order valence-corrected chi connectivity index (χ4v) is 3.64. The zero-order valence-corrected chi connectivity index (χ0v) is 12.1. The number of hydrogen-bond acceptors (Lipinski definition) is 2. The van der Waals surface area contributed by atoms with Crippen molar-refractivity contribution in [3.8, 4) is 5.75 Å². The first-order valence-electron chi connectivity index (χ1n) is 4.06. The van der Waals surface area contributed by atoms with E-state index in [1.165, 1.54) is 19.2 Å². The van der Waals surface area contributed by atoms with Crippen molar-refractivity contribution in [2.75, 3.05) is 7.11 Å². The maximum atomic E-state index is 5.33. The second kappa shape index (κ2) is 4.37. The maximum Gasteiger partial charge on any atom is 0.124 e. The van der Waals surface area contributed by atoms with E-state index in [1.54, 1.807) is 18.4 Å². The first-order valence-corrected chi connectivity index (χ1v) is 7.14. The summed E-state index contributed by atoms with van der Waals surface area (Å²) in [5.74, 6) is 0.965. The van der Waals surface area contributed by atoms with Crippen LogP contribution in [0.1, 0.15) is 5.56 Å². The molecule has 0 aliphatic carbocycles. The number of fused-ring (bicyclic) bond motifs is 1. The summed E-state index contributed by atoms with van der Waals surface area (Å²) in [4.78, 5) is 0. The predicted molar refractivity (Wildman–Crippen MR) is 73.7 cm³/mol. The highest BCUT2D eigenvalue weighted by molar-refractivity contribution is 14.1. The summed E-state index contributed by atoms with van der Waals surface area (Å²) in [6, 6.07) is 4.31. The van der Waals surface area contributed by atoms with Gasteiger partial charge in [-0.1, -0.05) is 15.9 Å². The molecular weight excluding hydrogens is 375 g/mol. The zero-order valence-electron chi connectivity index (χ0n) is 7.51. The lowest BCUT2D eigenvalue weighted by molar-refractivity contribution is 0.412. The second-order valence-corrected chi connectivity index (χ2v) is 5.51. The first-order chi connectivity index (χ1) is 6.76. The van der Waals surface area contributed by atoms with Crippen molar-refractivity contribution in [2.24, 2.45) is 0 Å². The quantitative estimate of drug-likeness (QED) is 0.552. The average Bonchev–Trinajstić information content (AvgIpc) is 2.58. The van der Waals surface area contributed by atoms with Crippen LogP contribution >= 0.6 is 49.9 Å². The molecule has 0 spiro atoms. The Morgan fingerprint density at radius 2 is 2.29 bits per heavy atom. The number of alkyl halides is 1. The van der Waals surface area contributed by atoms with Gasteiger partial charge in [-0.3, -0.25) is 0 Å². The molecule has 4 heteroatoms. The smallest absolute Gasteiger partial charge is 0.124 e. The highest BCUT2D eigenvalue weighted by atomic mass is 127. The van der Waals surface area contributed by atoms with Crippen LogP contribution < -0.4 is 4.74 Å². The normalized spacial score (nSPS) is 10.8. The number of hydrogen-bond donors (Lipinski definition) is 0. The Hall–Kier alpha value is 0.190. The Labute approximate surface area is 109 Å².